The zero-order chi connectivity index (χ0) is 40.1. The van der Waals surface area contributed by atoms with E-state index in [2.05, 4.69) is 31.3 Å². The van der Waals surface area contributed by atoms with Crippen molar-refractivity contribution in [1.29, 1.82) is 0 Å². The summed E-state index contributed by atoms with van der Waals surface area (Å²) in [5.41, 5.74) is 0. The van der Waals surface area contributed by atoms with Gasteiger partial charge < -0.3 is 20.3 Å². The number of esters is 1. The number of amides is 1. The second-order valence-electron chi connectivity index (χ2n) is 16.4. The highest BCUT2D eigenvalue weighted by Crippen LogP contribution is 2.15. The Labute approximate surface area is 341 Å². The number of unbranched alkanes of at least 4 members (excludes halogenated alkanes) is 31. The standard InChI is InChI=1S/C49H93NO5/c1-3-5-7-9-11-13-15-17-21-25-29-33-37-41-47(52)46(45-51)50-48(53)42-38-34-30-26-22-19-20-24-28-32-36-40-44-55-49(54)43-39-35-31-27-23-18-16-14-12-10-8-6-4-2/h14,16,37,41,46-47,51-52H,3-13,15,17-36,38-40,42-45H2,1-2H3,(H,50,53)/b16-14-,41-37+. The predicted molar refractivity (Wildman–Crippen MR) is 236 cm³/mol. The first-order valence-electron chi connectivity index (χ1n) is 24.1. The lowest BCUT2D eigenvalue weighted by Gasteiger charge is -2.20. The number of aliphatic hydroxyl groups excluding tert-OH is 2. The van der Waals surface area contributed by atoms with Crippen LogP contribution in [0.4, 0.5) is 0 Å². The summed E-state index contributed by atoms with van der Waals surface area (Å²) in [7, 11) is 0. The number of hydrogen-bond acceptors (Lipinski definition) is 5. The topological polar surface area (TPSA) is 95.9 Å². The van der Waals surface area contributed by atoms with E-state index in [9.17, 15) is 19.8 Å². The molecule has 0 bridgehead atoms. The molecule has 0 rings (SSSR count). The van der Waals surface area contributed by atoms with Crippen molar-refractivity contribution in [3.8, 4) is 0 Å². The fourth-order valence-corrected chi connectivity index (χ4v) is 7.21. The minimum atomic E-state index is -0.853. The van der Waals surface area contributed by atoms with Gasteiger partial charge in [0.25, 0.3) is 0 Å². The lowest BCUT2D eigenvalue weighted by molar-refractivity contribution is -0.143. The van der Waals surface area contributed by atoms with Crippen LogP contribution in [0.2, 0.25) is 0 Å². The summed E-state index contributed by atoms with van der Waals surface area (Å²) in [6.45, 7) is 4.84. The fraction of sp³-hybridized carbons (Fsp3) is 0.878. The van der Waals surface area contributed by atoms with Gasteiger partial charge in [0.2, 0.25) is 5.91 Å². The van der Waals surface area contributed by atoms with Gasteiger partial charge in [-0.15, -0.1) is 0 Å². The van der Waals surface area contributed by atoms with Crippen LogP contribution >= 0.6 is 0 Å². The molecular formula is C49H93NO5. The molecule has 6 nitrogen and oxygen atoms in total. The fourth-order valence-electron chi connectivity index (χ4n) is 7.21. The lowest BCUT2D eigenvalue weighted by Crippen LogP contribution is -2.45. The maximum atomic E-state index is 12.4. The van der Waals surface area contributed by atoms with Gasteiger partial charge in [0.1, 0.15) is 0 Å². The van der Waals surface area contributed by atoms with Gasteiger partial charge in [-0.1, -0.05) is 205 Å². The summed E-state index contributed by atoms with van der Waals surface area (Å²) in [6, 6.07) is -0.638. The summed E-state index contributed by atoms with van der Waals surface area (Å²) >= 11 is 0. The Morgan fingerprint density at radius 1 is 0.491 bits per heavy atom. The van der Waals surface area contributed by atoms with Gasteiger partial charge in [0, 0.05) is 12.8 Å². The van der Waals surface area contributed by atoms with E-state index in [4.69, 9.17) is 4.74 Å². The number of allylic oxidation sites excluding steroid dienone is 3. The summed E-state index contributed by atoms with van der Waals surface area (Å²) in [4.78, 5) is 24.4. The first-order valence-corrected chi connectivity index (χ1v) is 24.1. The van der Waals surface area contributed by atoms with Crippen LogP contribution in [0.15, 0.2) is 24.3 Å². The van der Waals surface area contributed by atoms with E-state index in [1.54, 1.807) is 6.08 Å². The smallest absolute Gasteiger partial charge is 0.305 e. The first-order chi connectivity index (χ1) is 27.0. The van der Waals surface area contributed by atoms with Crippen LogP contribution in [-0.4, -0.2) is 47.4 Å². The molecule has 55 heavy (non-hydrogen) atoms. The van der Waals surface area contributed by atoms with E-state index in [0.29, 0.717) is 19.4 Å². The molecule has 0 aliphatic rings. The van der Waals surface area contributed by atoms with Crippen molar-refractivity contribution >= 4 is 11.9 Å². The second-order valence-corrected chi connectivity index (χ2v) is 16.4. The third-order valence-corrected chi connectivity index (χ3v) is 11.0. The van der Waals surface area contributed by atoms with E-state index in [0.717, 1.165) is 57.8 Å². The van der Waals surface area contributed by atoms with Crippen molar-refractivity contribution in [3.05, 3.63) is 24.3 Å². The Morgan fingerprint density at radius 3 is 1.31 bits per heavy atom. The number of rotatable bonds is 44. The molecule has 0 aliphatic carbocycles. The molecule has 0 aromatic heterocycles. The molecule has 0 spiro atoms. The van der Waals surface area contributed by atoms with E-state index in [1.165, 1.54) is 167 Å². The molecule has 0 saturated heterocycles. The highest BCUT2D eigenvalue weighted by Gasteiger charge is 2.18. The van der Waals surface area contributed by atoms with Crippen molar-refractivity contribution in [2.45, 2.75) is 264 Å². The summed E-state index contributed by atoms with van der Waals surface area (Å²) in [6.07, 6.45) is 51.6. The molecule has 0 saturated carbocycles. The average molecular weight is 776 g/mol. The number of hydrogen-bond donors (Lipinski definition) is 3. The number of carbonyl (C=O) groups excluding carboxylic acids is 2. The minimum absolute atomic E-state index is 0.0207. The molecular weight excluding hydrogens is 683 g/mol. The maximum absolute atomic E-state index is 12.4. The normalized spacial score (nSPS) is 12.9. The Bertz CT molecular complexity index is 858. The molecule has 2 atom stereocenters. The Morgan fingerprint density at radius 2 is 0.855 bits per heavy atom. The number of ether oxygens (including phenoxy) is 1. The number of nitrogens with one attached hydrogen (secondary N) is 1. The molecule has 0 aromatic rings. The van der Waals surface area contributed by atoms with Gasteiger partial charge in [-0.25, -0.2) is 0 Å². The van der Waals surface area contributed by atoms with Crippen LogP contribution in [0.3, 0.4) is 0 Å². The van der Waals surface area contributed by atoms with Crippen molar-refractivity contribution in [1.82, 2.24) is 5.32 Å². The molecule has 0 aromatic carbocycles. The first kappa shape index (κ1) is 53.3. The number of aliphatic hydroxyl groups is 2. The molecule has 0 fully saturated rings. The quantitative estimate of drug-likeness (QED) is 0.0325. The second kappa shape index (κ2) is 45.0. The van der Waals surface area contributed by atoms with Crippen LogP contribution in [0.5, 0.6) is 0 Å². The van der Waals surface area contributed by atoms with Crippen LogP contribution < -0.4 is 5.32 Å². The highest BCUT2D eigenvalue weighted by molar-refractivity contribution is 5.76. The van der Waals surface area contributed by atoms with Crippen LogP contribution in [0.25, 0.3) is 0 Å². The van der Waals surface area contributed by atoms with Crippen LogP contribution in [0, 0.1) is 0 Å². The van der Waals surface area contributed by atoms with Crippen molar-refractivity contribution in [3.63, 3.8) is 0 Å². The Kier molecular flexibility index (Phi) is 43.7. The number of carbonyl (C=O) groups is 2. The van der Waals surface area contributed by atoms with E-state index >= 15 is 0 Å². The van der Waals surface area contributed by atoms with Gasteiger partial charge in [-0.05, 0) is 57.8 Å². The minimum Gasteiger partial charge on any atom is -0.466 e. The maximum Gasteiger partial charge on any atom is 0.305 e. The Balaban J connectivity index is 3.51. The Hall–Kier alpha value is -1.66. The molecule has 3 N–H and O–H groups in total. The molecule has 324 valence electrons. The van der Waals surface area contributed by atoms with Crippen molar-refractivity contribution in [2.75, 3.05) is 13.2 Å². The van der Waals surface area contributed by atoms with Gasteiger partial charge in [0.15, 0.2) is 0 Å². The van der Waals surface area contributed by atoms with Crippen LogP contribution in [-0.2, 0) is 14.3 Å². The third-order valence-electron chi connectivity index (χ3n) is 11.0. The molecule has 0 heterocycles. The monoisotopic (exact) mass is 776 g/mol. The van der Waals surface area contributed by atoms with Gasteiger partial charge >= 0.3 is 5.97 Å². The van der Waals surface area contributed by atoms with Crippen molar-refractivity contribution in [2.24, 2.45) is 0 Å². The molecule has 0 aliphatic heterocycles. The molecule has 2 unspecified atom stereocenters. The SMILES string of the molecule is CCCCCC/C=C\CCCCCCCC(=O)OCCCCCCCCCCCCCCC(=O)NC(CO)C(O)/C=C/CCCCCCCCCCCCC. The third kappa shape index (κ3) is 41.8. The lowest BCUT2D eigenvalue weighted by atomic mass is 10.0. The summed E-state index contributed by atoms with van der Waals surface area (Å²) < 4.78 is 5.44. The average Bonchev–Trinajstić information content (AvgIpc) is 3.18. The van der Waals surface area contributed by atoms with Gasteiger partial charge in [0.05, 0.1) is 25.4 Å². The molecule has 6 heteroatoms. The molecule has 0 radical (unpaired) electrons. The predicted octanol–water partition coefficient (Wildman–Crippen LogP) is 14.0. The van der Waals surface area contributed by atoms with E-state index in [1.807, 2.05) is 6.08 Å². The van der Waals surface area contributed by atoms with E-state index in [-0.39, 0.29) is 18.5 Å². The zero-order valence-electron chi connectivity index (χ0n) is 36.7. The van der Waals surface area contributed by atoms with Crippen molar-refractivity contribution < 1.29 is 24.5 Å². The van der Waals surface area contributed by atoms with Crippen LogP contribution in [0.1, 0.15) is 251 Å². The molecule has 1 amide bonds. The highest BCUT2D eigenvalue weighted by atomic mass is 16.5. The van der Waals surface area contributed by atoms with Gasteiger partial charge in [-0.2, -0.15) is 0 Å². The summed E-state index contributed by atoms with van der Waals surface area (Å²) in [5.74, 6) is -0.105. The largest absolute Gasteiger partial charge is 0.466 e. The summed E-state index contributed by atoms with van der Waals surface area (Å²) in [5, 5.41) is 23.0. The van der Waals surface area contributed by atoms with E-state index < -0.39 is 12.1 Å². The van der Waals surface area contributed by atoms with Gasteiger partial charge in [-0.3, -0.25) is 9.59 Å². The zero-order valence-corrected chi connectivity index (χ0v) is 36.7.